The Morgan fingerprint density at radius 3 is 2.54 bits per heavy atom. The zero-order valence-electron chi connectivity index (χ0n) is 14.8. The van der Waals surface area contributed by atoms with Crippen LogP contribution in [0, 0.1) is 5.82 Å². The number of aliphatic imine (C=N–C) groups is 1. The van der Waals surface area contributed by atoms with Gasteiger partial charge in [0.2, 0.25) is 5.91 Å². The number of carbonyl (C=O) groups is 1. The normalized spacial score (nSPS) is 12.0. The second-order valence-electron chi connectivity index (χ2n) is 5.49. The van der Waals surface area contributed by atoms with Crippen molar-refractivity contribution in [1.82, 2.24) is 15.5 Å². The molecule has 1 aromatic rings. The van der Waals surface area contributed by atoms with Gasteiger partial charge < -0.3 is 15.5 Å². The number of amides is 1. The lowest BCUT2D eigenvalue weighted by Crippen LogP contribution is -2.45. The summed E-state index contributed by atoms with van der Waals surface area (Å²) in [5, 5.41) is 5.63. The van der Waals surface area contributed by atoms with Gasteiger partial charge in [0.05, 0.1) is 6.54 Å². The molecule has 1 aromatic carbocycles. The molecular weight excluding hydrogens is 372 g/mol. The maximum atomic E-state index is 13.4. The maximum Gasteiger partial charge on any atom is 0.406 e. The van der Waals surface area contributed by atoms with E-state index in [4.69, 9.17) is 0 Å². The van der Waals surface area contributed by atoms with Crippen LogP contribution in [0.25, 0.3) is 0 Å². The minimum atomic E-state index is -4.44. The maximum absolute atomic E-state index is 13.4. The fourth-order valence-corrected chi connectivity index (χ4v) is 2.69. The van der Waals surface area contributed by atoms with Crippen molar-refractivity contribution in [2.45, 2.75) is 18.5 Å². The van der Waals surface area contributed by atoms with Crippen LogP contribution >= 0.6 is 11.8 Å². The Labute approximate surface area is 154 Å². The first-order chi connectivity index (χ1) is 12.2. The van der Waals surface area contributed by atoms with Gasteiger partial charge in [0.1, 0.15) is 12.4 Å². The number of benzene rings is 1. The molecule has 1 amide bonds. The summed E-state index contributed by atoms with van der Waals surface area (Å²) in [6.45, 7) is -1.30. The summed E-state index contributed by atoms with van der Waals surface area (Å²) in [5.41, 5.74) is 1.70. The van der Waals surface area contributed by atoms with Gasteiger partial charge in [-0.15, -0.1) is 0 Å². The first-order valence-electron chi connectivity index (χ1n) is 7.67. The first-order valence-corrected chi connectivity index (χ1v) is 9.07. The molecule has 0 radical (unpaired) electrons. The Hall–Kier alpha value is -1.97. The number of nitrogens with zero attached hydrogens (tertiary/aromatic N) is 2. The predicted molar refractivity (Wildman–Crippen MR) is 95.5 cm³/mol. The number of nitrogens with one attached hydrogen (secondary N) is 2. The Kier molecular flexibility index (Phi) is 8.70. The highest BCUT2D eigenvalue weighted by Gasteiger charge is 2.31. The van der Waals surface area contributed by atoms with Crippen LogP contribution in [-0.2, 0) is 17.1 Å². The Balaban J connectivity index is 2.57. The molecule has 0 bridgehead atoms. The van der Waals surface area contributed by atoms with Crippen molar-refractivity contribution in [3.05, 3.63) is 35.1 Å². The van der Waals surface area contributed by atoms with Crippen molar-refractivity contribution in [2.24, 2.45) is 4.99 Å². The van der Waals surface area contributed by atoms with E-state index in [1.807, 2.05) is 6.26 Å². The average Bonchev–Trinajstić information content (AvgIpc) is 2.55. The third-order valence-corrected chi connectivity index (χ3v) is 3.99. The van der Waals surface area contributed by atoms with Crippen LogP contribution in [0.5, 0.6) is 0 Å². The van der Waals surface area contributed by atoms with Gasteiger partial charge in [0.25, 0.3) is 0 Å². The minimum Gasteiger partial charge on any atom is -0.352 e. The van der Waals surface area contributed by atoms with E-state index in [0.717, 1.165) is 18.2 Å². The fraction of sp³-hybridized carbons (Fsp3) is 0.500. The SMILES string of the molecule is CN=C(NCC(=O)N(C)CC(F)(F)F)NCc1ccc(F)cc1CSC. The van der Waals surface area contributed by atoms with Gasteiger partial charge in [-0.3, -0.25) is 9.79 Å². The Bertz CT molecular complexity index is 637. The van der Waals surface area contributed by atoms with Gasteiger partial charge in [-0.1, -0.05) is 6.07 Å². The lowest BCUT2D eigenvalue weighted by Gasteiger charge is -2.20. The first kappa shape index (κ1) is 22.1. The van der Waals surface area contributed by atoms with Crippen molar-refractivity contribution < 1.29 is 22.4 Å². The summed E-state index contributed by atoms with van der Waals surface area (Å²) in [4.78, 5) is 16.2. The molecular formula is C16H22F4N4OS. The number of hydrogen-bond donors (Lipinski definition) is 2. The van der Waals surface area contributed by atoms with E-state index in [1.54, 1.807) is 17.8 Å². The molecule has 0 aliphatic carbocycles. The lowest BCUT2D eigenvalue weighted by atomic mass is 10.1. The summed E-state index contributed by atoms with van der Waals surface area (Å²) in [6, 6.07) is 4.47. The van der Waals surface area contributed by atoms with E-state index in [-0.39, 0.29) is 18.3 Å². The zero-order valence-corrected chi connectivity index (χ0v) is 15.6. The highest BCUT2D eigenvalue weighted by Crippen LogP contribution is 2.17. The van der Waals surface area contributed by atoms with Gasteiger partial charge in [-0.2, -0.15) is 24.9 Å². The zero-order chi connectivity index (χ0) is 19.7. The second kappa shape index (κ2) is 10.2. The van der Waals surface area contributed by atoms with Gasteiger partial charge in [0, 0.05) is 26.4 Å². The van der Waals surface area contributed by atoms with Crippen molar-refractivity contribution in [3.63, 3.8) is 0 Å². The van der Waals surface area contributed by atoms with Crippen molar-refractivity contribution >= 4 is 23.6 Å². The van der Waals surface area contributed by atoms with Crippen molar-refractivity contribution in [2.75, 3.05) is 33.4 Å². The van der Waals surface area contributed by atoms with Crippen LogP contribution in [0.1, 0.15) is 11.1 Å². The number of carbonyl (C=O) groups excluding carboxylic acids is 1. The summed E-state index contributed by atoms with van der Waals surface area (Å²) in [5.74, 6) is -0.131. The van der Waals surface area contributed by atoms with Crippen LogP contribution in [-0.4, -0.2) is 56.4 Å². The summed E-state index contributed by atoms with van der Waals surface area (Å²) in [6.07, 6.45) is -2.54. The van der Waals surface area contributed by atoms with Gasteiger partial charge in [0.15, 0.2) is 5.96 Å². The number of hydrogen-bond acceptors (Lipinski definition) is 3. The monoisotopic (exact) mass is 394 g/mol. The number of alkyl halides is 3. The van der Waals surface area contributed by atoms with Crippen LogP contribution in [0.15, 0.2) is 23.2 Å². The quantitative estimate of drug-likeness (QED) is 0.424. The molecule has 1 rings (SSSR count). The molecule has 0 saturated carbocycles. The third kappa shape index (κ3) is 7.94. The number of rotatable bonds is 7. The molecule has 0 fully saturated rings. The van der Waals surface area contributed by atoms with Crippen LogP contribution in [0.2, 0.25) is 0 Å². The standard InChI is InChI=1S/C16H22F4N4OS/c1-21-15(23-8-14(25)24(2)10-16(18,19)20)22-7-11-4-5-13(17)6-12(11)9-26-3/h4-6H,7-10H2,1-3H3,(H2,21,22,23). The molecule has 0 saturated heterocycles. The fourth-order valence-electron chi connectivity index (χ4n) is 2.11. The highest BCUT2D eigenvalue weighted by molar-refractivity contribution is 7.97. The molecule has 10 heteroatoms. The molecule has 5 nitrogen and oxygen atoms in total. The summed E-state index contributed by atoms with van der Waals surface area (Å²) >= 11 is 1.56. The van der Waals surface area contributed by atoms with E-state index in [2.05, 4.69) is 15.6 Å². The van der Waals surface area contributed by atoms with E-state index < -0.39 is 18.6 Å². The van der Waals surface area contributed by atoms with Crippen LogP contribution in [0.4, 0.5) is 17.6 Å². The summed E-state index contributed by atoms with van der Waals surface area (Å²) in [7, 11) is 2.56. The molecule has 0 aliphatic heterocycles. The Morgan fingerprint density at radius 1 is 1.27 bits per heavy atom. The van der Waals surface area contributed by atoms with E-state index in [9.17, 15) is 22.4 Å². The van der Waals surface area contributed by atoms with Gasteiger partial charge in [-0.05, 0) is 29.5 Å². The molecule has 0 atom stereocenters. The number of likely N-dealkylation sites (N-methyl/N-ethyl adjacent to an activating group) is 1. The molecule has 0 unspecified atom stereocenters. The molecule has 0 spiro atoms. The second-order valence-corrected chi connectivity index (χ2v) is 6.36. The molecule has 0 aromatic heterocycles. The number of guanidine groups is 1. The molecule has 146 valence electrons. The van der Waals surface area contributed by atoms with Crippen LogP contribution < -0.4 is 10.6 Å². The van der Waals surface area contributed by atoms with E-state index in [1.165, 1.54) is 19.2 Å². The van der Waals surface area contributed by atoms with Crippen molar-refractivity contribution in [3.8, 4) is 0 Å². The average molecular weight is 394 g/mol. The lowest BCUT2D eigenvalue weighted by molar-refractivity contribution is -0.157. The smallest absolute Gasteiger partial charge is 0.352 e. The summed E-state index contributed by atoms with van der Waals surface area (Å²) < 4.78 is 50.2. The van der Waals surface area contributed by atoms with Gasteiger partial charge in [-0.25, -0.2) is 4.39 Å². The molecule has 0 aliphatic rings. The number of thioether (sulfide) groups is 1. The molecule has 26 heavy (non-hydrogen) atoms. The number of halogens is 4. The van der Waals surface area contributed by atoms with Crippen LogP contribution in [0.3, 0.4) is 0 Å². The van der Waals surface area contributed by atoms with Crippen molar-refractivity contribution in [1.29, 1.82) is 0 Å². The highest BCUT2D eigenvalue weighted by atomic mass is 32.2. The van der Waals surface area contributed by atoms with E-state index in [0.29, 0.717) is 17.2 Å². The third-order valence-electron chi connectivity index (χ3n) is 3.39. The van der Waals surface area contributed by atoms with E-state index >= 15 is 0 Å². The molecule has 2 N–H and O–H groups in total. The molecule has 0 heterocycles. The Morgan fingerprint density at radius 2 is 1.96 bits per heavy atom. The topological polar surface area (TPSA) is 56.7 Å². The minimum absolute atomic E-state index is 0.262. The largest absolute Gasteiger partial charge is 0.406 e. The predicted octanol–water partition coefficient (Wildman–Crippen LogP) is 2.37. The van der Waals surface area contributed by atoms with Gasteiger partial charge >= 0.3 is 6.18 Å².